The molecule has 8 heteroatoms. The van der Waals surface area contributed by atoms with Crippen molar-refractivity contribution in [2.24, 2.45) is 0 Å². The van der Waals surface area contributed by atoms with Crippen molar-refractivity contribution in [3.05, 3.63) is 30.5 Å². The zero-order valence-corrected chi connectivity index (χ0v) is 13.7. The van der Waals surface area contributed by atoms with Crippen LogP contribution in [0.25, 0.3) is 0 Å². The predicted molar refractivity (Wildman–Crippen MR) is 79.8 cm³/mol. The van der Waals surface area contributed by atoms with Gasteiger partial charge in [0.25, 0.3) is 15.1 Å². The van der Waals surface area contributed by atoms with E-state index in [9.17, 15) is 8.42 Å². The Hall–Kier alpha value is -1.67. The number of hydrogen-bond donors (Lipinski definition) is 1. The van der Waals surface area contributed by atoms with Crippen LogP contribution in [0.15, 0.2) is 34.2 Å². The summed E-state index contributed by atoms with van der Waals surface area (Å²) in [5.41, 5.74) is -0.324. The predicted octanol–water partition coefficient (Wildman–Crippen LogP) is 1.85. The molecule has 0 atom stereocenters. The fourth-order valence-corrected chi connectivity index (χ4v) is 3.53. The fraction of sp³-hybridized carbons (Fsp3) is 0.571. The SMILES string of the molecule is CC(C)(C)c1ncc(S(=O)(=O)NC2CC(n3cccn3)C2)o1. The molecule has 120 valence electrons. The van der Waals surface area contributed by atoms with E-state index in [0.29, 0.717) is 5.89 Å². The summed E-state index contributed by atoms with van der Waals surface area (Å²) in [6.07, 6.45) is 6.33. The first-order chi connectivity index (χ1) is 10.3. The van der Waals surface area contributed by atoms with Crippen LogP contribution in [0, 0.1) is 0 Å². The first kappa shape index (κ1) is 15.2. The molecule has 0 aromatic carbocycles. The minimum absolute atomic E-state index is 0.0950. The zero-order chi connectivity index (χ0) is 16.0. The Morgan fingerprint density at radius 1 is 1.36 bits per heavy atom. The summed E-state index contributed by atoms with van der Waals surface area (Å²) in [6, 6.07) is 2.02. The van der Waals surface area contributed by atoms with Crippen LogP contribution in [0.4, 0.5) is 0 Å². The maximum atomic E-state index is 12.3. The summed E-state index contributed by atoms with van der Waals surface area (Å²) in [4.78, 5) is 4.06. The maximum absolute atomic E-state index is 12.3. The molecule has 0 amide bonds. The van der Waals surface area contributed by atoms with E-state index in [0.717, 1.165) is 12.8 Å². The van der Waals surface area contributed by atoms with Gasteiger partial charge in [0.15, 0.2) is 0 Å². The maximum Gasteiger partial charge on any atom is 0.275 e. The van der Waals surface area contributed by atoms with Crippen molar-refractivity contribution < 1.29 is 12.8 Å². The van der Waals surface area contributed by atoms with Crippen LogP contribution in [-0.2, 0) is 15.4 Å². The minimum atomic E-state index is -3.66. The zero-order valence-electron chi connectivity index (χ0n) is 12.9. The van der Waals surface area contributed by atoms with E-state index >= 15 is 0 Å². The highest BCUT2D eigenvalue weighted by atomic mass is 32.2. The molecule has 3 rings (SSSR count). The molecule has 0 spiro atoms. The molecule has 7 nitrogen and oxygen atoms in total. The molecule has 1 fully saturated rings. The number of nitrogens with one attached hydrogen (secondary N) is 1. The second kappa shape index (κ2) is 5.20. The lowest BCUT2D eigenvalue weighted by atomic mass is 9.88. The highest BCUT2D eigenvalue weighted by molar-refractivity contribution is 7.89. The van der Waals surface area contributed by atoms with Crippen molar-refractivity contribution in [3.63, 3.8) is 0 Å². The van der Waals surface area contributed by atoms with Crippen molar-refractivity contribution in [3.8, 4) is 0 Å². The van der Waals surface area contributed by atoms with E-state index < -0.39 is 10.0 Å². The largest absolute Gasteiger partial charge is 0.427 e. The Balaban J connectivity index is 1.64. The molecule has 2 aromatic heterocycles. The van der Waals surface area contributed by atoms with Gasteiger partial charge in [0.05, 0.1) is 12.2 Å². The van der Waals surface area contributed by atoms with Gasteiger partial charge in [0.1, 0.15) is 0 Å². The number of oxazole rings is 1. The molecule has 0 aliphatic heterocycles. The van der Waals surface area contributed by atoms with Crippen LogP contribution in [0.3, 0.4) is 0 Å². The van der Waals surface area contributed by atoms with E-state index in [1.54, 1.807) is 6.20 Å². The summed E-state index contributed by atoms with van der Waals surface area (Å²) >= 11 is 0. The van der Waals surface area contributed by atoms with Crippen molar-refractivity contribution in [1.29, 1.82) is 0 Å². The molecule has 0 saturated heterocycles. The second-order valence-corrected chi connectivity index (χ2v) is 8.31. The van der Waals surface area contributed by atoms with Crippen molar-refractivity contribution in [1.82, 2.24) is 19.5 Å². The first-order valence-electron chi connectivity index (χ1n) is 7.23. The van der Waals surface area contributed by atoms with Gasteiger partial charge in [0.2, 0.25) is 5.89 Å². The molecule has 2 aromatic rings. The quantitative estimate of drug-likeness (QED) is 0.927. The van der Waals surface area contributed by atoms with Gasteiger partial charge in [-0.15, -0.1) is 0 Å². The van der Waals surface area contributed by atoms with Crippen molar-refractivity contribution in [2.75, 3.05) is 0 Å². The fourth-order valence-electron chi connectivity index (χ4n) is 2.40. The molecular formula is C14H20N4O3S. The van der Waals surface area contributed by atoms with Crippen LogP contribution < -0.4 is 4.72 Å². The van der Waals surface area contributed by atoms with E-state index in [1.807, 2.05) is 37.7 Å². The first-order valence-corrected chi connectivity index (χ1v) is 8.72. The molecular weight excluding hydrogens is 304 g/mol. The lowest BCUT2D eigenvalue weighted by Gasteiger charge is -2.35. The topological polar surface area (TPSA) is 90.0 Å². The number of hydrogen-bond acceptors (Lipinski definition) is 5. The molecule has 1 saturated carbocycles. The van der Waals surface area contributed by atoms with Crippen LogP contribution in [0.1, 0.15) is 45.5 Å². The second-order valence-electron chi connectivity index (χ2n) is 6.66. The molecule has 0 unspecified atom stereocenters. The van der Waals surface area contributed by atoms with Gasteiger partial charge in [-0.1, -0.05) is 20.8 Å². The third-order valence-electron chi connectivity index (χ3n) is 3.72. The van der Waals surface area contributed by atoms with Gasteiger partial charge in [-0.3, -0.25) is 4.68 Å². The lowest BCUT2D eigenvalue weighted by molar-refractivity contribution is 0.231. The normalized spacial score (nSPS) is 22.5. The van der Waals surface area contributed by atoms with E-state index in [2.05, 4.69) is 14.8 Å². The standard InChI is InChI=1S/C14H20N4O3S/c1-14(2,3)13-15-9-12(21-13)22(19,20)17-10-7-11(8-10)18-6-4-5-16-18/h4-6,9-11,17H,7-8H2,1-3H3. The monoisotopic (exact) mass is 324 g/mol. The highest BCUT2D eigenvalue weighted by Gasteiger charge is 2.35. The smallest absolute Gasteiger partial charge is 0.275 e. The molecule has 0 bridgehead atoms. The average Bonchev–Trinajstić information content (AvgIpc) is 3.03. The number of nitrogens with zero attached hydrogens (tertiary/aromatic N) is 3. The number of rotatable bonds is 4. The number of aromatic nitrogens is 3. The lowest BCUT2D eigenvalue weighted by Crippen LogP contribution is -2.44. The Morgan fingerprint density at radius 3 is 2.64 bits per heavy atom. The van der Waals surface area contributed by atoms with Crippen LogP contribution >= 0.6 is 0 Å². The summed E-state index contributed by atoms with van der Waals surface area (Å²) in [5, 5.41) is 4.04. The Bertz CT molecular complexity index is 737. The minimum Gasteiger partial charge on any atom is -0.427 e. The van der Waals surface area contributed by atoms with Crippen LogP contribution in [-0.4, -0.2) is 29.2 Å². The summed E-state index contributed by atoms with van der Waals surface area (Å²) in [6.45, 7) is 5.76. The molecule has 0 radical (unpaired) electrons. The Kier molecular flexibility index (Phi) is 3.60. The van der Waals surface area contributed by atoms with E-state index in [1.165, 1.54) is 6.20 Å². The van der Waals surface area contributed by atoms with Gasteiger partial charge in [-0.25, -0.2) is 18.1 Å². The van der Waals surface area contributed by atoms with Crippen molar-refractivity contribution >= 4 is 10.0 Å². The van der Waals surface area contributed by atoms with Crippen molar-refractivity contribution in [2.45, 2.75) is 56.2 Å². The Labute approximate surface area is 129 Å². The Morgan fingerprint density at radius 2 is 2.09 bits per heavy atom. The number of sulfonamides is 1. The molecule has 1 N–H and O–H groups in total. The van der Waals surface area contributed by atoms with Crippen LogP contribution in [0.5, 0.6) is 0 Å². The molecule has 22 heavy (non-hydrogen) atoms. The van der Waals surface area contributed by atoms with Gasteiger partial charge >= 0.3 is 0 Å². The summed E-state index contributed by atoms with van der Waals surface area (Å²) < 4.78 is 34.5. The van der Waals surface area contributed by atoms with E-state index in [4.69, 9.17) is 4.42 Å². The summed E-state index contributed by atoms with van der Waals surface area (Å²) in [5.74, 6) is 0.413. The molecule has 1 aliphatic carbocycles. The summed E-state index contributed by atoms with van der Waals surface area (Å²) in [7, 11) is -3.66. The van der Waals surface area contributed by atoms with Gasteiger partial charge in [-0.2, -0.15) is 5.10 Å². The molecule has 2 heterocycles. The van der Waals surface area contributed by atoms with E-state index in [-0.39, 0.29) is 22.6 Å². The van der Waals surface area contributed by atoms with Gasteiger partial charge in [-0.05, 0) is 18.9 Å². The highest BCUT2D eigenvalue weighted by Crippen LogP contribution is 2.32. The van der Waals surface area contributed by atoms with Gasteiger partial charge < -0.3 is 4.42 Å². The van der Waals surface area contributed by atoms with Crippen LogP contribution in [0.2, 0.25) is 0 Å². The third kappa shape index (κ3) is 2.93. The average molecular weight is 324 g/mol. The third-order valence-corrected chi connectivity index (χ3v) is 5.09. The van der Waals surface area contributed by atoms with Gasteiger partial charge in [0, 0.05) is 23.9 Å². The molecule has 1 aliphatic rings.